The molecule has 0 radical (unpaired) electrons. The molecule has 2 aliphatic rings. The van der Waals surface area contributed by atoms with Gasteiger partial charge in [0.05, 0.1) is 5.60 Å². The van der Waals surface area contributed by atoms with Crippen LogP contribution in [-0.2, 0) is 4.74 Å². The second-order valence-corrected chi connectivity index (χ2v) is 7.89. The lowest BCUT2D eigenvalue weighted by Crippen LogP contribution is -2.63. The minimum absolute atomic E-state index is 0.226. The van der Waals surface area contributed by atoms with Gasteiger partial charge in [-0.05, 0) is 40.2 Å². The molecule has 1 saturated carbocycles. The standard InChI is InChI=1S/C17H32N2O3/c1-5-18(13-17(21)9-7-6-8-10-17)14-11-19(12-14)15(20)22-16(2,3)4/h14,21H,5-13H2,1-4H3. The number of rotatable bonds is 4. The van der Waals surface area contributed by atoms with Gasteiger partial charge in [-0.1, -0.05) is 26.2 Å². The average Bonchev–Trinajstić information content (AvgIpc) is 2.34. The summed E-state index contributed by atoms with van der Waals surface area (Å²) < 4.78 is 5.39. The van der Waals surface area contributed by atoms with Crippen LogP contribution in [0.1, 0.15) is 59.8 Å². The van der Waals surface area contributed by atoms with Crippen LogP contribution < -0.4 is 0 Å². The molecule has 0 atom stereocenters. The third kappa shape index (κ3) is 4.59. The monoisotopic (exact) mass is 312 g/mol. The Labute approximate surface area is 134 Å². The maximum absolute atomic E-state index is 12.0. The summed E-state index contributed by atoms with van der Waals surface area (Å²) >= 11 is 0. The number of likely N-dealkylation sites (N-methyl/N-ethyl adjacent to an activating group) is 1. The van der Waals surface area contributed by atoms with Crippen molar-refractivity contribution in [2.75, 3.05) is 26.2 Å². The third-order valence-corrected chi connectivity index (χ3v) is 4.72. The summed E-state index contributed by atoms with van der Waals surface area (Å²) in [7, 11) is 0. The predicted octanol–water partition coefficient (Wildman–Crippen LogP) is 2.62. The molecule has 1 amide bonds. The van der Waals surface area contributed by atoms with E-state index in [0.717, 1.165) is 38.8 Å². The number of carbonyl (C=O) groups excluding carboxylic acids is 1. The number of amides is 1. The molecule has 2 rings (SSSR count). The molecule has 2 fully saturated rings. The van der Waals surface area contributed by atoms with E-state index < -0.39 is 11.2 Å². The van der Waals surface area contributed by atoms with Crippen molar-refractivity contribution < 1.29 is 14.6 Å². The van der Waals surface area contributed by atoms with Crippen molar-refractivity contribution >= 4 is 6.09 Å². The molecule has 128 valence electrons. The summed E-state index contributed by atoms with van der Waals surface area (Å²) in [4.78, 5) is 16.1. The molecule has 5 nitrogen and oxygen atoms in total. The van der Waals surface area contributed by atoms with Gasteiger partial charge in [-0.2, -0.15) is 0 Å². The van der Waals surface area contributed by atoms with Crippen LogP contribution in [-0.4, -0.2) is 64.4 Å². The molecule has 1 heterocycles. The Morgan fingerprint density at radius 1 is 1.27 bits per heavy atom. The molecular formula is C17H32N2O3. The van der Waals surface area contributed by atoms with Crippen molar-refractivity contribution in [1.82, 2.24) is 9.80 Å². The van der Waals surface area contributed by atoms with Crippen LogP contribution >= 0.6 is 0 Å². The first-order valence-electron chi connectivity index (χ1n) is 8.67. The molecule has 0 unspecified atom stereocenters. The van der Waals surface area contributed by atoms with E-state index in [1.54, 1.807) is 4.90 Å². The molecule has 0 aromatic heterocycles. The maximum atomic E-state index is 12.0. The molecule has 1 saturated heterocycles. The van der Waals surface area contributed by atoms with Gasteiger partial charge in [-0.25, -0.2) is 4.79 Å². The van der Waals surface area contributed by atoms with Gasteiger partial charge in [0.1, 0.15) is 5.60 Å². The lowest BCUT2D eigenvalue weighted by atomic mass is 9.84. The van der Waals surface area contributed by atoms with Crippen molar-refractivity contribution in [3.05, 3.63) is 0 Å². The van der Waals surface area contributed by atoms with Crippen LogP contribution in [0.2, 0.25) is 0 Å². The quantitative estimate of drug-likeness (QED) is 0.867. The highest BCUT2D eigenvalue weighted by molar-refractivity contribution is 5.69. The molecule has 0 bridgehead atoms. The van der Waals surface area contributed by atoms with Crippen LogP contribution in [0.3, 0.4) is 0 Å². The Bertz CT molecular complexity index is 380. The third-order valence-electron chi connectivity index (χ3n) is 4.72. The van der Waals surface area contributed by atoms with Gasteiger partial charge in [-0.15, -0.1) is 0 Å². The van der Waals surface area contributed by atoms with E-state index in [9.17, 15) is 9.90 Å². The van der Waals surface area contributed by atoms with Crippen molar-refractivity contribution in [1.29, 1.82) is 0 Å². The smallest absolute Gasteiger partial charge is 0.410 e. The van der Waals surface area contributed by atoms with Gasteiger partial charge in [0.25, 0.3) is 0 Å². The molecule has 5 heteroatoms. The molecule has 0 aromatic rings. The van der Waals surface area contributed by atoms with Crippen LogP contribution in [0.15, 0.2) is 0 Å². The normalized spacial score (nSPS) is 22.5. The number of hydrogen-bond acceptors (Lipinski definition) is 4. The van der Waals surface area contributed by atoms with Crippen molar-refractivity contribution in [2.24, 2.45) is 0 Å². The summed E-state index contributed by atoms with van der Waals surface area (Å²) in [6.07, 6.45) is 5.09. The lowest BCUT2D eigenvalue weighted by Gasteiger charge is -2.47. The zero-order valence-electron chi connectivity index (χ0n) is 14.6. The van der Waals surface area contributed by atoms with Gasteiger partial charge >= 0.3 is 6.09 Å². The van der Waals surface area contributed by atoms with Crippen LogP contribution in [0.5, 0.6) is 0 Å². The van der Waals surface area contributed by atoms with E-state index in [-0.39, 0.29) is 6.09 Å². The highest BCUT2D eigenvalue weighted by Crippen LogP contribution is 2.30. The van der Waals surface area contributed by atoms with Crippen molar-refractivity contribution in [3.63, 3.8) is 0 Å². The Morgan fingerprint density at radius 2 is 1.86 bits per heavy atom. The summed E-state index contributed by atoms with van der Waals surface area (Å²) in [5.74, 6) is 0. The van der Waals surface area contributed by atoms with Gasteiger partial charge in [-0.3, -0.25) is 4.90 Å². The van der Waals surface area contributed by atoms with Gasteiger partial charge < -0.3 is 14.7 Å². The highest BCUT2D eigenvalue weighted by Gasteiger charge is 2.40. The van der Waals surface area contributed by atoms with E-state index in [1.165, 1.54) is 6.42 Å². The minimum atomic E-state index is -0.527. The Hall–Kier alpha value is -0.810. The highest BCUT2D eigenvalue weighted by atomic mass is 16.6. The number of likely N-dealkylation sites (tertiary alicyclic amines) is 1. The molecule has 0 aromatic carbocycles. The topological polar surface area (TPSA) is 53.0 Å². The zero-order valence-corrected chi connectivity index (χ0v) is 14.6. The average molecular weight is 312 g/mol. The van der Waals surface area contributed by atoms with Crippen LogP contribution in [0.25, 0.3) is 0 Å². The maximum Gasteiger partial charge on any atom is 0.410 e. The minimum Gasteiger partial charge on any atom is -0.444 e. The summed E-state index contributed by atoms with van der Waals surface area (Å²) in [5, 5.41) is 10.7. The molecule has 1 N–H and O–H groups in total. The zero-order chi connectivity index (χ0) is 16.4. The Morgan fingerprint density at radius 3 is 2.36 bits per heavy atom. The molecule has 1 aliphatic carbocycles. The molecular weight excluding hydrogens is 280 g/mol. The molecule has 22 heavy (non-hydrogen) atoms. The number of ether oxygens (including phenoxy) is 1. The summed E-state index contributed by atoms with van der Waals surface area (Å²) in [6.45, 7) is 10.8. The van der Waals surface area contributed by atoms with E-state index >= 15 is 0 Å². The number of nitrogens with zero attached hydrogens (tertiary/aromatic N) is 2. The van der Waals surface area contributed by atoms with E-state index in [1.807, 2.05) is 20.8 Å². The summed E-state index contributed by atoms with van der Waals surface area (Å²) in [6, 6.07) is 0.350. The van der Waals surface area contributed by atoms with Gasteiger partial charge in [0, 0.05) is 25.7 Å². The fraction of sp³-hybridized carbons (Fsp3) is 0.941. The lowest BCUT2D eigenvalue weighted by molar-refractivity contribution is -0.0605. The fourth-order valence-electron chi connectivity index (χ4n) is 3.41. The van der Waals surface area contributed by atoms with Crippen LogP contribution in [0, 0.1) is 0 Å². The van der Waals surface area contributed by atoms with Crippen molar-refractivity contribution in [3.8, 4) is 0 Å². The van der Waals surface area contributed by atoms with Gasteiger partial charge in [0.15, 0.2) is 0 Å². The van der Waals surface area contributed by atoms with E-state index in [0.29, 0.717) is 19.1 Å². The van der Waals surface area contributed by atoms with Crippen LogP contribution in [0.4, 0.5) is 4.79 Å². The van der Waals surface area contributed by atoms with Gasteiger partial charge in [0.2, 0.25) is 0 Å². The number of aliphatic hydroxyl groups is 1. The molecule has 1 aliphatic heterocycles. The second-order valence-electron chi connectivity index (χ2n) is 7.89. The Balaban J connectivity index is 1.81. The summed E-state index contributed by atoms with van der Waals surface area (Å²) in [5.41, 5.74) is -0.968. The first-order chi connectivity index (χ1) is 10.2. The van der Waals surface area contributed by atoms with E-state index in [4.69, 9.17) is 4.74 Å². The SMILES string of the molecule is CCN(CC1(O)CCCCC1)C1CN(C(=O)OC(C)(C)C)C1. The van der Waals surface area contributed by atoms with E-state index in [2.05, 4.69) is 11.8 Å². The first kappa shape index (κ1) is 17.5. The first-order valence-corrected chi connectivity index (χ1v) is 8.67. The predicted molar refractivity (Wildman–Crippen MR) is 86.9 cm³/mol. The second kappa shape index (κ2) is 6.75. The molecule has 0 spiro atoms. The number of carbonyl (C=O) groups is 1. The van der Waals surface area contributed by atoms with Crippen molar-refractivity contribution in [2.45, 2.75) is 77.0 Å². The Kier molecular flexibility index (Phi) is 5.38. The largest absolute Gasteiger partial charge is 0.444 e. The number of hydrogen-bond donors (Lipinski definition) is 1. The fourth-order valence-corrected chi connectivity index (χ4v) is 3.41.